The van der Waals surface area contributed by atoms with Crippen molar-refractivity contribution >= 4 is 26.9 Å². The molecule has 0 N–H and O–H groups in total. The van der Waals surface area contributed by atoms with Gasteiger partial charge in [-0.25, -0.2) is 0 Å². The molecule has 0 saturated carbocycles. The molecule has 0 rings (SSSR count). The molecule has 0 aromatic carbocycles. The first-order valence-electron chi connectivity index (χ1n) is 12.7. The maximum atomic E-state index is 3.05. The fourth-order valence-corrected chi connectivity index (χ4v) is 16.7. The van der Waals surface area contributed by atoms with Gasteiger partial charge in [-0.15, -0.1) is 0 Å². The van der Waals surface area contributed by atoms with E-state index in [0.29, 0.717) is 0 Å². The van der Waals surface area contributed by atoms with Crippen LogP contribution in [0.25, 0.3) is 0 Å². The molecule has 0 unspecified atom stereocenters. The predicted octanol–water partition coefficient (Wildman–Crippen LogP) is 7.65. The summed E-state index contributed by atoms with van der Waals surface area (Å²) in [6, 6.07) is 0. The molecule has 0 atom stereocenters. The van der Waals surface area contributed by atoms with E-state index in [1.54, 1.807) is 0 Å². The van der Waals surface area contributed by atoms with Crippen molar-refractivity contribution in [3.05, 3.63) is 0 Å². The molecule has 178 valence electrons. The average Bonchev–Trinajstić information content (AvgIpc) is 2.71. The first-order valence-corrected chi connectivity index (χ1v) is 17.5. The second kappa shape index (κ2) is 15.7. The van der Waals surface area contributed by atoms with E-state index in [1.165, 1.54) is 90.8 Å². The second-order valence-corrected chi connectivity index (χ2v) is 17.4. The number of hydrogen-bond acceptors (Lipinski definition) is 4. The van der Waals surface area contributed by atoms with Crippen molar-refractivity contribution in [1.29, 1.82) is 0 Å². The monoisotopic (exact) mass is 544 g/mol. The summed E-state index contributed by atoms with van der Waals surface area (Å²) in [6.45, 7) is 28.5. The molecule has 0 heterocycles. The summed E-state index contributed by atoms with van der Waals surface area (Å²) < 4.78 is 11.9. The third kappa shape index (κ3) is 6.74. The van der Waals surface area contributed by atoms with Crippen molar-refractivity contribution in [1.82, 2.24) is 18.7 Å². The number of nitrogens with zero attached hydrogens (tertiary/aromatic N) is 4. The Labute approximate surface area is 197 Å². The van der Waals surface area contributed by atoms with Crippen LogP contribution in [-0.2, 0) is 0 Å². The van der Waals surface area contributed by atoms with Gasteiger partial charge in [0, 0.05) is 0 Å². The molecule has 0 aliphatic heterocycles. The Morgan fingerprint density at radius 3 is 0.793 bits per heavy atom. The van der Waals surface area contributed by atoms with Gasteiger partial charge in [0.05, 0.1) is 0 Å². The first-order chi connectivity index (χ1) is 13.9. The van der Waals surface area contributed by atoms with Crippen LogP contribution in [0.1, 0.15) is 100 Å². The molecule has 0 aliphatic rings. The van der Waals surface area contributed by atoms with Crippen LogP contribution in [0, 0.1) is 0 Å². The van der Waals surface area contributed by atoms with Crippen molar-refractivity contribution in [3.63, 3.8) is 0 Å². The van der Waals surface area contributed by atoms with E-state index in [0.717, 1.165) is 6.54 Å². The first kappa shape index (κ1) is 30.0. The van der Waals surface area contributed by atoms with Crippen LogP contribution in [0.2, 0.25) is 0 Å². The number of halogens is 1. The van der Waals surface area contributed by atoms with Gasteiger partial charge in [-0.05, 0) is 0 Å². The van der Waals surface area contributed by atoms with Gasteiger partial charge in [-0.2, -0.15) is 0 Å². The zero-order valence-corrected chi connectivity index (χ0v) is 24.3. The van der Waals surface area contributed by atoms with E-state index < -0.39 is 4.85 Å². The topological polar surface area (TPSA) is 13.0 Å². The van der Waals surface area contributed by atoms with E-state index in [-0.39, 0.29) is 0 Å². The molecule has 6 heteroatoms. The summed E-state index contributed by atoms with van der Waals surface area (Å²) in [7, 11) is 0. The molecule has 0 saturated heterocycles. The summed E-state index contributed by atoms with van der Waals surface area (Å²) in [5.74, 6) is 0. The Morgan fingerprint density at radius 1 is 0.414 bits per heavy atom. The van der Waals surface area contributed by atoms with Gasteiger partial charge in [0.15, 0.2) is 0 Å². The van der Waals surface area contributed by atoms with Gasteiger partial charge in [-0.1, -0.05) is 0 Å². The Balaban J connectivity index is 7.10. The van der Waals surface area contributed by atoms with Gasteiger partial charge >= 0.3 is 198 Å². The Hall–Kier alpha value is 1.00. The van der Waals surface area contributed by atoms with Crippen LogP contribution in [0.4, 0.5) is 0 Å². The molecule has 0 radical (unpaired) electrons. The molecular formula is C23H54IN4P. The van der Waals surface area contributed by atoms with E-state index in [4.69, 9.17) is 0 Å². The SMILES string of the molecule is CCCN(CC)P(I)(N(CCC)CCC)(N(CCC)CCC)N(CCC)CCC. The van der Waals surface area contributed by atoms with Gasteiger partial charge in [-0.3, -0.25) is 0 Å². The molecule has 0 amide bonds. The zero-order chi connectivity index (χ0) is 22.4. The maximum absolute atomic E-state index is 3.05. The van der Waals surface area contributed by atoms with Crippen LogP contribution in [0.5, 0.6) is 0 Å². The van der Waals surface area contributed by atoms with Crippen molar-refractivity contribution in [2.75, 3.05) is 52.4 Å². The third-order valence-electron chi connectivity index (χ3n) is 5.68. The normalized spacial score (nSPS) is 14.3. The third-order valence-corrected chi connectivity index (χ3v) is 18.6. The van der Waals surface area contributed by atoms with E-state index >= 15 is 0 Å². The predicted molar refractivity (Wildman–Crippen MR) is 145 cm³/mol. The van der Waals surface area contributed by atoms with Crippen molar-refractivity contribution in [3.8, 4) is 0 Å². The molecule has 0 bridgehead atoms. The Morgan fingerprint density at radius 2 is 0.621 bits per heavy atom. The van der Waals surface area contributed by atoms with Gasteiger partial charge in [0.1, 0.15) is 0 Å². The molecule has 0 spiro atoms. The Bertz CT molecular complexity index is 349. The summed E-state index contributed by atoms with van der Waals surface area (Å²) in [6.07, 6.45) is 8.57. The van der Waals surface area contributed by atoms with Crippen LogP contribution in [0.15, 0.2) is 0 Å². The fourth-order valence-electron chi connectivity index (χ4n) is 4.82. The molecule has 0 fully saturated rings. The zero-order valence-electron chi connectivity index (χ0n) is 21.2. The quantitative estimate of drug-likeness (QED) is 0.122. The summed E-state index contributed by atoms with van der Waals surface area (Å²) in [4.78, 5) is -2.68. The van der Waals surface area contributed by atoms with Crippen molar-refractivity contribution in [2.24, 2.45) is 0 Å². The molecule has 0 aromatic rings. The van der Waals surface area contributed by atoms with E-state index in [1.807, 2.05) is 0 Å². The molecule has 4 nitrogen and oxygen atoms in total. The van der Waals surface area contributed by atoms with Gasteiger partial charge in [0.2, 0.25) is 0 Å². The molecule has 0 aliphatic carbocycles. The minimum absolute atomic E-state index is 1.13. The van der Waals surface area contributed by atoms with E-state index in [9.17, 15) is 0 Å². The second-order valence-electron chi connectivity index (χ2n) is 8.25. The summed E-state index contributed by atoms with van der Waals surface area (Å²) in [5.41, 5.74) is 0. The summed E-state index contributed by atoms with van der Waals surface area (Å²) >= 11 is 3.05. The van der Waals surface area contributed by atoms with Crippen molar-refractivity contribution < 1.29 is 0 Å². The average molecular weight is 545 g/mol. The Kier molecular flexibility index (Phi) is 16.3. The summed E-state index contributed by atoms with van der Waals surface area (Å²) in [5, 5.41) is 0. The standard InChI is InChI=1S/C23H54IN4P/c1-9-17-25(16-8)29(24,26(18-10-2)19-11-3,27(20-12-4)21-13-5)28(22-14-6)23-15-7/h9-23H2,1-8H3. The van der Waals surface area contributed by atoms with Crippen LogP contribution >= 0.6 is 26.9 Å². The number of hydrogen-bond donors (Lipinski definition) is 0. The number of rotatable bonds is 19. The van der Waals surface area contributed by atoms with E-state index in [2.05, 4.69) is 96.1 Å². The van der Waals surface area contributed by atoms with Crippen LogP contribution < -0.4 is 0 Å². The molecular weight excluding hydrogens is 490 g/mol. The molecule has 29 heavy (non-hydrogen) atoms. The van der Waals surface area contributed by atoms with Gasteiger partial charge in [0.25, 0.3) is 0 Å². The minimum atomic E-state index is -2.68. The molecule has 0 aromatic heterocycles. The fraction of sp³-hybridized carbons (Fsp3) is 1.00. The van der Waals surface area contributed by atoms with Crippen molar-refractivity contribution in [2.45, 2.75) is 100 Å². The van der Waals surface area contributed by atoms with Gasteiger partial charge < -0.3 is 0 Å². The van der Waals surface area contributed by atoms with Crippen LogP contribution in [-0.4, -0.2) is 71.0 Å². The van der Waals surface area contributed by atoms with Crippen LogP contribution in [0.3, 0.4) is 0 Å².